The molecule has 0 aliphatic carbocycles. The van der Waals surface area contributed by atoms with Crippen LogP contribution in [0.15, 0.2) is 61.2 Å². The Bertz CT molecular complexity index is 738. The lowest BCUT2D eigenvalue weighted by Crippen LogP contribution is -2.11. The van der Waals surface area contributed by atoms with Gasteiger partial charge in [-0.05, 0) is 48.7 Å². The van der Waals surface area contributed by atoms with Gasteiger partial charge in [0, 0.05) is 24.5 Å². The number of carbonyl (C=O) groups is 1. The maximum absolute atomic E-state index is 12.0. The molecular formula is C17H17N5O. The fourth-order valence-electron chi connectivity index (χ4n) is 2.25. The number of pyridine rings is 1. The van der Waals surface area contributed by atoms with Crippen molar-refractivity contribution in [3.63, 3.8) is 0 Å². The van der Waals surface area contributed by atoms with Gasteiger partial charge in [-0.15, -0.1) is 0 Å². The summed E-state index contributed by atoms with van der Waals surface area (Å²) in [6, 6.07) is 11.4. The lowest BCUT2D eigenvalue weighted by Gasteiger charge is -2.06. The van der Waals surface area contributed by atoms with Gasteiger partial charge in [0.2, 0.25) is 5.91 Å². The zero-order chi connectivity index (χ0) is 15.9. The Morgan fingerprint density at radius 2 is 1.83 bits per heavy atom. The molecule has 0 spiro atoms. The second kappa shape index (κ2) is 7.31. The lowest BCUT2D eigenvalue weighted by molar-refractivity contribution is -0.116. The van der Waals surface area contributed by atoms with E-state index in [0.29, 0.717) is 6.42 Å². The van der Waals surface area contributed by atoms with E-state index >= 15 is 0 Å². The molecule has 3 aromatic rings. The zero-order valence-corrected chi connectivity index (χ0v) is 12.6. The molecule has 0 saturated carbocycles. The summed E-state index contributed by atoms with van der Waals surface area (Å²) in [6.45, 7) is 0. The Morgan fingerprint density at radius 1 is 1.04 bits per heavy atom. The zero-order valence-electron chi connectivity index (χ0n) is 12.6. The second-order valence-corrected chi connectivity index (χ2v) is 5.13. The van der Waals surface area contributed by atoms with Crippen LogP contribution in [0.25, 0.3) is 5.69 Å². The molecule has 2 aromatic heterocycles. The molecule has 0 aliphatic heterocycles. The summed E-state index contributed by atoms with van der Waals surface area (Å²) in [5.41, 5.74) is 2.77. The first-order chi connectivity index (χ1) is 11.3. The quantitative estimate of drug-likeness (QED) is 0.760. The maximum atomic E-state index is 12.0. The first-order valence-electron chi connectivity index (χ1n) is 7.47. The molecule has 1 N–H and O–H groups in total. The largest absolute Gasteiger partial charge is 0.326 e. The molecule has 0 aliphatic rings. The van der Waals surface area contributed by atoms with Crippen LogP contribution < -0.4 is 5.32 Å². The highest BCUT2D eigenvalue weighted by atomic mass is 16.1. The van der Waals surface area contributed by atoms with Crippen LogP contribution >= 0.6 is 0 Å². The average Bonchev–Trinajstić information content (AvgIpc) is 3.11. The summed E-state index contributed by atoms with van der Waals surface area (Å²) < 4.78 is 0. The minimum absolute atomic E-state index is 0.0128. The average molecular weight is 307 g/mol. The number of benzene rings is 1. The number of rotatable bonds is 6. The van der Waals surface area contributed by atoms with E-state index in [-0.39, 0.29) is 5.91 Å². The summed E-state index contributed by atoms with van der Waals surface area (Å²) >= 11 is 0. The Balaban J connectivity index is 1.48. The normalized spacial score (nSPS) is 10.4. The minimum Gasteiger partial charge on any atom is -0.326 e. The van der Waals surface area contributed by atoms with Crippen LogP contribution in [0.2, 0.25) is 0 Å². The molecule has 6 nitrogen and oxygen atoms in total. The van der Waals surface area contributed by atoms with Crippen molar-refractivity contribution in [1.82, 2.24) is 20.0 Å². The number of hydrogen-bond acceptors (Lipinski definition) is 4. The third-order valence-electron chi connectivity index (χ3n) is 3.39. The lowest BCUT2D eigenvalue weighted by atomic mass is 10.1. The molecule has 0 unspecified atom stereocenters. The van der Waals surface area contributed by atoms with E-state index in [4.69, 9.17) is 0 Å². The highest BCUT2D eigenvalue weighted by Gasteiger charge is 2.04. The van der Waals surface area contributed by atoms with Crippen LogP contribution in [0, 0.1) is 0 Å². The van der Waals surface area contributed by atoms with Gasteiger partial charge in [-0.3, -0.25) is 9.78 Å². The van der Waals surface area contributed by atoms with E-state index in [1.165, 1.54) is 4.80 Å². The van der Waals surface area contributed by atoms with Gasteiger partial charge in [0.25, 0.3) is 0 Å². The van der Waals surface area contributed by atoms with E-state index in [1.54, 1.807) is 18.6 Å². The Hall–Kier alpha value is -3.02. The second-order valence-electron chi connectivity index (χ2n) is 5.13. The fraction of sp³-hybridized carbons (Fsp3) is 0.176. The van der Waals surface area contributed by atoms with E-state index < -0.39 is 0 Å². The SMILES string of the molecule is O=C(CCCc1cccnc1)Nc1ccc(-n2nccn2)cc1. The van der Waals surface area contributed by atoms with Crippen LogP contribution in [-0.4, -0.2) is 25.9 Å². The minimum atomic E-state index is 0.0128. The van der Waals surface area contributed by atoms with Crippen LogP contribution in [0.1, 0.15) is 18.4 Å². The predicted molar refractivity (Wildman–Crippen MR) is 87.2 cm³/mol. The standard InChI is InChI=1S/C17H17N5O/c23-17(5-1-3-14-4-2-10-18-13-14)21-15-6-8-16(9-7-15)22-19-11-12-20-22/h2,4,6-13H,1,3,5H2,(H,21,23). The summed E-state index contributed by atoms with van der Waals surface area (Å²) in [4.78, 5) is 17.6. The van der Waals surface area contributed by atoms with Gasteiger partial charge in [0.15, 0.2) is 0 Å². The highest BCUT2D eigenvalue weighted by molar-refractivity contribution is 5.90. The summed E-state index contributed by atoms with van der Waals surface area (Å²) in [7, 11) is 0. The third-order valence-corrected chi connectivity index (χ3v) is 3.39. The fourth-order valence-corrected chi connectivity index (χ4v) is 2.25. The van der Waals surface area contributed by atoms with E-state index in [9.17, 15) is 4.79 Å². The van der Waals surface area contributed by atoms with Crippen LogP contribution in [-0.2, 0) is 11.2 Å². The van der Waals surface area contributed by atoms with E-state index in [1.807, 2.05) is 42.6 Å². The molecule has 6 heteroatoms. The van der Waals surface area contributed by atoms with Crippen molar-refractivity contribution in [3.05, 3.63) is 66.7 Å². The van der Waals surface area contributed by atoms with Crippen molar-refractivity contribution < 1.29 is 4.79 Å². The first kappa shape index (κ1) is 14.9. The molecule has 0 saturated heterocycles. The molecular weight excluding hydrogens is 290 g/mol. The van der Waals surface area contributed by atoms with Crippen molar-refractivity contribution in [1.29, 1.82) is 0 Å². The topological polar surface area (TPSA) is 72.7 Å². The Labute approximate surface area is 134 Å². The van der Waals surface area contributed by atoms with Gasteiger partial charge < -0.3 is 5.32 Å². The number of aromatic nitrogens is 4. The van der Waals surface area contributed by atoms with E-state index in [0.717, 1.165) is 29.8 Å². The van der Waals surface area contributed by atoms with Crippen LogP contribution in [0.3, 0.4) is 0 Å². The predicted octanol–water partition coefficient (Wildman–Crippen LogP) is 2.62. The van der Waals surface area contributed by atoms with Crippen molar-refractivity contribution in [2.45, 2.75) is 19.3 Å². The number of hydrogen-bond donors (Lipinski definition) is 1. The molecule has 2 heterocycles. The number of nitrogens with zero attached hydrogens (tertiary/aromatic N) is 4. The molecule has 0 radical (unpaired) electrons. The van der Waals surface area contributed by atoms with Crippen molar-refractivity contribution in [2.24, 2.45) is 0 Å². The number of amides is 1. The molecule has 0 atom stereocenters. The third kappa shape index (κ3) is 4.23. The number of anilines is 1. The summed E-state index contributed by atoms with van der Waals surface area (Å²) in [5, 5.41) is 11.0. The van der Waals surface area contributed by atoms with Crippen LogP contribution in [0.5, 0.6) is 0 Å². The maximum Gasteiger partial charge on any atom is 0.224 e. The molecule has 23 heavy (non-hydrogen) atoms. The van der Waals surface area contributed by atoms with Gasteiger partial charge >= 0.3 is 0 Å². The number of nitrogens with one attached hydrogen (secondary N) is 1. The van der Waals surface area contributed by atoms with Crippen molar-refractivity contribution >= 4 is 11.6 Å². The Kier molecular flexibility index (Phi) is 4.73. The molecule has 116 valence electrons. The Morgan fingerprint density at radius 3 is 2.52 bits per heavy atom. The van der Waals surface area contributed by atoms with Crippen molar-refractivity contribution in [3.8, 4) is 5.69 Å². The van der Waals surface area contributed by atoms with Gasteiger partial charge in [-0.1, -0.05) is 6.07 Å². The highest BCUT2D eigenvalue weighted by Crippen LogP contribution is 2.12. The smallest absolute Gasteiger partial charge is 0.224 e. The monoisotopic (exact) mass is 307 g/mol. The van der Waals surface area contributed by atoms with Gasteiger partial charge in [-0.2, -0.15) is 15.0 Å². The molecule has 0 bridgehead atoms. The number of carbonyl (C=O) groups excluding carboxylic acids is 1. The summed E-state index contributed by atoms with van der Waals surface area (Å²) in [6.07, 6.45) is 8.96. The molecule has 3 rings (SSSR count). The van der Waals surface area contributed by atoms with Gasteiger partial charge in [0.1, 0.15) is 0 Å². The molecule has 0 fully saturated rings. The van der Waals surface area contributed by atoms with Gasteiger partial charge in [0.05, 0.1) is 18.1 Å². The van der Waals surface area contributed by atoms with E-state index in [2.05, 4.69) is 20.5 Å². The van der Waals surface area contributed by atoms with Crippen molar-refractivity contribution in [2.75, 3.05) is 5.32 Å². The molecule has 1 amide bonds. The molecule has 1 aromatic carbocycles. The van der Waals surface area contributed by atoms with Gasteiger partial charge in [-0.25, -0.2) is 0 Å². The number of aryl methyl sites for hydroxylation is 1. The first-order valence-corrected chi connectivity index (χ1v) is 7.47. The van der Waals surface area contributed by atoms with Crippen LogP contribution in [0.4, 0.5) is 5.69 Å². The summed E-state index contributed by atoms with van der Waals surface area (Å²) in [5.74, 6) is 0.0128.